The molecule has 0 fully saturated rings. The van der Waals surface area contributed by atoms with Gasteiger partial charge in [-0.25, -0.2) is 99.6 Å². The Balaban J connectivity index is 0.000000137. The second-order valence-electron chi connectivity index (χ2n) is 28.8. The highest BCUT2D eigenvalue weighted by Gasteiger charge is 2.32. The maximum atomic E-state index is 15.0. The molecule has 14 aromatic heterocycles. The number of benzene rings is 4. The summed E-state index contributed by atoms with van der Waals surface area (Å²) in [7, 11) is 1.41. The van der Waals surface area contributed by atoms with Crippen molar-refractivity contribution in [3.8, 4) is 90.7 Å². The molecule has 18 rings (SSSR count). The Kier molecular flexibility index (Phi) is 21.8. The molecule has 30 nitrogen and oxygen atoms in total. The monoisotopic (exact) mass is 1680 g/mol. The highest BCUT2D eigenvalue weighted by atomic mass is 19.2. The number of fused-ring (bicyclic) bond motifs is 6. The molecule has 0 radical (unpaired) electrons. The topological polar surface area (TPSA) is 389 Å². The van der Waals surface area contributed by atoms with Crippen LogP contribution in [0.2, 0.25) is 0 Å². The molecular formula is C87H67F7N24O6. The first-order chi connectivity index (χ1) is 59.6. The second-order valence-corrected chi connectivity index (χ2v) is 28.8. The zero-order valence-corrected chi connectivity index (χ0v) is 66.6. The molecule has 620 valence electrons. The molecule has 124 heavy (non-hydrogen) atoms. The van der Waals surface area contributed by atoms with Crippen LogP contribution in [0, 0.1) is 52.1 Å². The summed E-state index contributed by atoms with van der Waals surface area (Å²) in [5, 5.41) is 25.2. The lowest BCUT2D eigenvalue weighted by Crippen LogP contribution is -2.23. The molecule has 4 aromatic carbocycles. The fourth-order valence-electron chi connectivity index (χ4n) is 14.4. The fourth-order valence-corrected chi connectivity index (χ4v) is 14.4. The van der Waals surface area contributed by atoms with Crippen molar-refractivity contribution < 1.29 is 44.9 Å². The molecule has 0 bridgehead atoms. The van der Waals surface area contributed by atoms with Gasteiger partial charge in [0.2, 0.25) is 11.8 Å². The minimum absolute atomic E-state index is 0.0411. The maximum absolute atomic E-state index is 15.0. The standard InChI is InChI=1S/C30H24F3N7O2.C29H24F2N8O2.C28H19F2N9O2/c1-15(2)42-22-9-7-18(12-21(22)33)27-25-28(34)35-14-36-29(25)40(38-27)16(3)26-24(17-5-4-6-19(31)11-17)30(41)39-13-20(32)8-10-23(39)37-26;1-15(2)41-22-10-7-18(12-33-22)26-24-27(32)34-14-35-28(24)39(37-26)16(3)25-23(17-5-4-6-19(30)11-17)29(40)38-13-20(31)8-9-21(38)36-25;1-14(23-21(15-4-3-5-18(29)9-15)28(40)38-12-19(30)6-7-20(38)36-23)39-26-22(25(32)34-13-35-26)24(37-39)17-8-16(10-31)27(41-2)33-11-17/h4-16H,1-3H3,(H2,34,35,36);4-16H,1-3H3,(H2,32,34,35);3-9,11-14H,1-2H3,(H2,32,34,35). The lowest BCUT2D eigenvalue weighted by Gasteiger charge is -2.18. The number of ether oxygens (including phenoxy) is 3. The highest BCUT2D eigenvalue weighted by molar-refractivity contribution is 6.00. The summed E-state index contributed by atoms with van der Waals surface area (Å²) in [6.45, 7) is 12.7. The zero-order valence-electron chi connectivity index (χ0n) is 66.6. The maximum Gasteiger partial charge on any atom is 0.266 e. The van der Waals surface area contributed by atoms with E-state index in [0.29, 0.717) is 84.0 Å². The fraction of sp³-hybridized carbons (Fsp3) is 0.149. The van der Waals surface area contributed by atoms with Crippen LogP contribution in [-0.4, -0.2) is 117 Å². The molecule has 0 spiro atoms. The van der Waals surface area contributed by atoms with Crippen LogP contribution in [-0.2, 0) is 0 Å². The van der Waals surface area contributed by atoms with E-state index in [2.05, 4.69) is 49.8 Å². The number of pyridine rings is 5. The average molecular weight is 1680 g/mol. The van der Waals surface area contributed by atoms with E-state index in [0.717, 1.165) is 31.8 Å². The summed E-state index contributed by atoms with van der Waals surface area (Å²) in [6, 6.07) is 33.7. The molecule has 18 aromatic rings. The SMILES string of the molecule is CC(C)Oc1ccc(-c2nn(C(C)c3nc4ccc(F)cn4c(=O)c3-c3cccc(F)c3)c3ncnc(N)c23)cc1F.CC(C)Oc1ccc(-c2nn(C(C)c3nc4ccc(F)cn4c(=O)c3-c3cccc(F)c3)c3ncnc(N)c23)cn1.COc1ncc(-c2nn(C(C)c3nc4ccc(F)cn4c(=O)c3-c3cccc(F)c3)c3ncnc(N)c23)cc1C#N. The quantitative estimate of drug-likeness (QED) is 0.0713. The molecular weight excluding hydrogens is 1610 g/mol. The summed E-state index contributed by atoms with van der Waals surface area (Å²) in [6.07, 6.45) is 9.81. The summed E-state index contributed by atoms with van der Waals surface area (Å²) in [4.78, 5) is 89.5. The van der Waals surface area contributed by atoms with Crippen molar-refractivity contribution in [2.24, 2.45) is 0 Å². The third-order valence-electron chi connectivity index (χ3n) is 20.0. The van der Waals surface area contributed by atoms with Crippen LogP contribution < -0.4 is 48.1 Å². The predicted octanol–water partition coefficient (Wildman–Crippen LogP) is 14.3. The second kappa shape index (κ2) is 33.1. The number of nitrogens with zero attached hydrogens (tertiary/aromatic N) is 21. The van der Waals surface area contributed by atoms with Crippen LogP contribution in [0.5, 0.6) is 17.5 Å². The number of hydrogen-bond acceptors (Lipinski definition) is 24. The Bertz CT molecular complexity index is 7540. The molecule has 0 aliphatic heterocycles. The number of nitriles is 1. The molecule has 3 unspecified atom stereocenters. The van der Waals surface area contributed by atoms with Gasteiger partial charge in [0.15, 0.2) is 28.5 Å². The van der Waals surface area contributed by atoms with E-state index >= 15 is 0 Å². The third-order valence-corrected chi connectivity index (χ3v) is 20.0. The van der Waals surface area contributed by atoms with Gasteiger partial charge in [0.1, 0.15) is 117 Å². The smallest absolute Gasteiger partial charge is 0.266 e. The summed E-state index contributed by atoms with van der Waals surface area (Å²) in [5.74, 6) is -2.97. The Morgan fingerprint density at radius 2 is 0.774 bits per heavy atom. The van der Waals surface area contributed by atoms with Gasteiger partial charge in [0.25, 0.3) is 16.7 Å². The third kappa shape index (κ3) is 15.4. The number of rotatable bonds is 17. The Hall–Kier alpha value is -16.3. The molecule has 0 amide bonds. The van der Waals surface area contributed by atoms with E-state index in [-0.39, 0.29) is 103 Å². The van der Waals surface area contributed by atoms with E-state index in [4.69, 9.17) is 51.7 Å². The van der Waals surface area contributed by atoms with E-state index < -0.39 is 75.5 Å². The minimum atomic E-state index is -0.773. The van der Waals surface area contributed by atoms with E-state index in [1.165, 1.54) is 145 Å². The Labute approximate surface area is 695 Å². The van der Waals surface area contributed by atoms with Crippen LogP contribution in [0.15, 0.2) is 210 Å². The van der Waals surface area contributed by atoms with Crippen LogP contribution in [0.1, 0.15) is 89.2 Å². The molecule has 14 heterocycles. The van der Waals surface area contributed by atoms with Crippen molar-refractivity contribution in [3.63, 3.8) is 0 Å². The lowest BCUT2D eigenvalue weighted by molar-refractivity contribution is 0.231. The van der Waals surface area contributed by atoms with E-state index in [1.54, 1.807) is 88.0 Å². The number of methoxy groups -OCH3 is 1. The Morgan fingerprint density at radius 1 is 0.395 bits per heavy atom. The van der Waals surface area contributed by atoms with Crippen LogP contribution in [0.4, 0.5) is 48.2 Å². The van der Waals surface area contributed by atoms with Crippen molar-refractivity contribution in [2.75, 3.05) is 24.3 Å². The number of aromatic nitrogens is 20. The highest BCUT2D eigenvalue weighted by Crippen LogP contribution is 2.41. The summed E-state index contributed by atoms with van der Waals surface area (Å²) < 4.78 is 124. The number of nitrogen functional groups attached to an aromatic ring is 3. The number of anilines is 3. The van der Waals surface area contributed by atoms with Gasteiger partial charge < -0.3 is 31.4 Å². The average Bonchev–Trinajstić information content (AvgIpc) is 1.57. The molecule has 0 saturated carbocycles. The molecule has 3 atom stereocenters. The molecule has 0 aliphatic carbocycles. The lowest BCUT2D eigenvalue weighted by atomic mass is 10.0. The molecule has 37 heteroatoms. The first-order valence-corrected chi connectivity index (χ1v) is 38.1. The largest absolute Gasteiger partial charge is 0.488 e. The van der Waals surface area contributed by atoms with Crippen LogP contribution in [0.3, 0.4) is 0 Å². The van der Waals surface area contributed by atoms with E-state index in [1.807, 2.05) is 19.9 Å². The first-order valence-electron chi connectivity index (χ1n) is 38.1. The minimum Gasteiger partial charge on any atom is -0.488 e. The van der Waals surface area contributed by atoms with Crippen molar-refractivity contribution in [2.45, 2.75) is 78.8 Å². The van der Waals surface area contributed by atoms with Gasteiger partial charge in [-0.15, -0.1) is 0 Å². The zero-order chi connectivity index (χ0) is 87.4. The van der Waals surface area contributed by atoms with Crippen LogP contribution >= 0.6 is 0 Å². The number of nitrogens with two attached hydrogens (primary N) is 3. The first kappa shape index (κ1) is 81.5. The normalized spacial score (nSPS) is 12.2. The summed E-state index contributed by atoms with van der Waals surface area (Å²) >= 11 is 0. The summed E-state index contributed by atoms with van der Waals surface area (Å²) in [5.41, 5.74) is 23.2. The van der Waals surface area contributed by atoms with Gasteiger partial charge in [-0.05, 0) is 168 Å². The van der Waals surface area contributed by atoms with Gasteiger partial charge in [0, 0.05) is 53.7 Å². The van der Waals surface area contributed by atoms with Gasteiger partial charge in [0.05, 0.1) is 87.4 Å². The van der Waals surface area contributed by atoms with E-state index in [9.17, 15) is 50.4 Å². The van der Waals surface area contributed by atoms with Gasteiger partial charge in [-0.2, -0.15) is 20.6 Å². The Morgan fingerprint density at radius 3 is 1.13 bits per heavy atom. The van der Waals surface area contributed by atoms with Crippen LogP contribution in [0.25, 0.3) is 117 Å². The number of halogens is 7. The molecule has 0 aliphatic rings. The van der Waals surface area contributed by atoms with Gasteiger partial charge >= 0.3 is 0 Å². The van der Waals surface area contributed by atoms with Crippen molar-refractivity contribution >= 4 is 67.5 Å². The molecule has 6 N–H and O–H groups in total. The predicted molar refractivity (Wildman–Crippen MR) is 446 cm³/mol. The van der Waals surface area contributed by atoms with Crippen molar-refractivity contribution in [1.82, 2.24) is 97.4 Å². The van der Waals surface area contributed by atoms with Gasteiger partial charge in [-0.1, -0.05) is 36.4 Å². The molecule has 0 saturated heterocycles. The number of hydrogen-bond donors (Lipinski definition) is 3. The van der Waals surface area contributed by atoms with Gasteiger partial charge in [-0.3, -0.25) is 27.6 Å². The van der Waals surface area contributed by atoms with Crippen molar-refractivity contribution in [3.05, 3.63) is 290 Å². The van der Waals surface area contributed by atoms with Crippen molar-refractivity contribution in [1.29, 1.82) is 5.26 Å².